The molecule has 5 heteroatoms. The van der Waals surface area contributed by atoms with E-state index in [0.717, 1.165) is 34.6 Å². The summed E-state index contributed by atoms with van der Waals surface area (Å²) in [7, 11) is 1.76. The molecule has 0 bridgehead atoms. The van der Waals surface area contributed by atoms with Gasteiger partial charge in [-0.15, -0.1) is 0 Å². The summed E-state index contributed by atoms with van der Waals surface area (Å²) >= 11 is 1.50. The number of fused-ring (bicyclic) bond motifs is 1. The molecule has 0 aliphatic heterocycles. The van der Waals surface area contributed by atoms with Crippen molar-refractivity contribution in [2.24, 2.45) is 0 Å². The first-order valence-corrected chi connectivity index (χ1v) is 6.91. The van der Waals surface area contributed by atoms with Gasteiger partial charge in [-0.25, -0.2) is 9.37 Å². The highest BCUT2D eigenvalue weighted by atomic mass is 32.1. The van der Waals surface area contributed by atoms with Gasteiger partial charge in [0, 0.05) is 13.2 Å². The van der Waals surface area contributed by atoms with E-state index in [1.165, 1.54) is 23.5 Å². The van der Waals surface area contributed by atoms with E-state index in [4.69, 9.17) is 4.74 Å². The number of nitrogens with zero attached hydrogens (tertiary/aromatic N) is 1. The lowest BCUT2D eigenvalue weighted by molar-refractivity contribution is 0.108. The van der Waals surface area contributed by atoms with E-state index in [2.05, 4.69) is 10.3 Å². The first-order chi connectivity index (χ1) is 8.74. The zero-order valence-corrected chi connectivity index (χ0v) is 11.0. The molecule has 3 nitrogen and oxygen atoms in total. The minimum atomic E-state index is -0.210. The van der Waals surface area contributed by atoms with Crippen LogP contribution in [0.15, 0.2) is 18.2 Å². The van der Waals surface area contributed by atoms with Crippen LogP contribution < -0.4 is 5.32 Å². The molecule has 0 radical (unpaired) electrons. The van der Waals surface area contributed by atoms with Gasteiger partial charge >= 0.3 is 0 Å². The molecular formula is C13H15FN2OS. The number of anilines is 1. The molecule has 2 aromatic rings. The van der Waals surface area contributed by atoms with Gasteiger partial charge in [0.15, 0.2) is 5.13 Å². The Bertz CT molecular complexity index is 557. The van der Waals surface area contributed by atoms with Crippen molar-refractivity contribution in [3.05, 3.63) is 24.0 Å². The molecule has 1 saturated carbocycles. The molecule has 0 spiro atoms. The molecule has 1 aliphatic rings. The predicted octanol–water partition coefficient (Wildman–Crippen LogP) is 3.41. The van der Waals surface area contributed by atoms with Gasteiger partial charge in [-0.2, -0.15) is 0 Å². The van der Waals surface area contributed by atoms with Gasteiger partial charge in [0.1, 0.15) is 5.82 Å². The van der Waals surface area contributed by atoms with Crippen LogP contribution in [0.2, 0.25) is 0 Å². The maximum atomic E-state index is 13.1. The van der Waals surface area contributed by atoms with Gasteiger partial charge in [-0.1, -0.05) is 11.3 Å². The second-order valence-electron chi connectivity index (χ2n) is 4.64. The van der Waals surface area contributed by atoms with Crippen LogP contribution in [0.5, 0.6) is 0 Å². The third-order valence-electron chi connectivity index (χ3n) is 3.40. The number of rotatable bonds is 3. The van der Waals surface area contributed by atoms with Gasteiger partial charge in [-0.3, -0.25) is 0 Å². The second-order valence-corrected chi connectivity index (χ2v) is 5.67. The Morgan fingerprint density at radius 3 is 3.11 bits per heavy atom. The van der Waals surface area contributed by atoms with Crippen LogP contribution in [0.3, 0.4) is 0 Å². The first-order valence-electron chi connectivity index (χ1n) is 6.10. The van der Waals surface area contributed by atoms with Crippen molar-refractivity contribution in [1.29, 1.82) is 0 Å². The Morgan fingerprint density at radius 2 is 2.33 bits per heavy atom. The molecule has 1 heterocycles. The van der Waals surface area contributed by atoms with Crippen molar-refractivity contribution < 1.29 is 9.13 Å². The number of halogens is 1. The van der Waals surface area contributed by atoms with Crippen molar-refractivity contribution in [2.45, 2.75) is 31.4 Å². The molecule has 96 valence electrons. The Balaban J connectivity index is 1.75. The largest absolute Gasteiger partial charge is 0.381 e. The van der Waals surface area contributed by atoms with E-state index < -0.39 is 0 Å². The lowest BCUT2D eigenvalue weighted by atomic mass is 10.2. The van der Waals surface area contributed by atoms with Crippen LogP contribution in [-0.2, 0) is 4.74 Å². The molecule has 3 rings (SSSR count). The quantitative estimate of drug-likeness (QED) is 0.924. The van der Waals surface area contributed by atoms with Crippen molar-refractivity contribution in [3.63, 3.8) is 0 Å². The minimum absolute atomic E-state index is 0.210. The molecular weight excluding hydrogens is 251 g/mol. The Kier molecular flexibility index (Phi) is 3.18. The molecule has 18 heavy (non-hydrogen) atoms. The second kappa shape index (κ2) is 4.82. The zero-order valence-electron chi connectivity index (χ0n) is 10.1. The van der Waals surface area contributed by atoms with Crippen molar-refractivity contribution in [3.8, 4) is 0 Å². The number of thiazole rings is 1. The molecule has 0 saturated heterocycles. The highest BCUT2D eigenvalue weighted by molar-refractivity contribution is 7.22. The van der Waals surface area contributed by atoms with E-state index in [0.29, 0.717) is 12.1 Å². The summed E-state index contributed by atoms with van der Waals surface area (Å²) in [6, 6.07) is 5.12. The fourth-order valence-corrected chi connectivity index (χ4v) is 3.39. The van der Waals surface area contributed by atoms with Gasteiger partial charge in [-0.05, 0) is 37.5 Å². The molecule has 1 aliphatic carbocycles. The average molecular weight is 266 g/mol. The Hall–Kier alpha value is -1.20. The van der Waals surface area contributed by atoms with E-state index in [-0.39, 0.29) is 5.82 Å². The number of hydrogen-bond acceptors (Lipinski definition) is 4. The van der Waals surface area contributed by atoms with Gasteiger partial charge in [0.2, 0.25) is 0 Å². The van der Waals surface area contributed by atoms with Crippen molar-refractivity contribution in [2.75, 3.05) is 12.4 Å². The standard InChI is InChI=1S/C13H15FN2OS/c1-17-10-4-3-9(7-10)15-13-16-11-5-2-8(14)6-12(11)18-13/h2,5-6,9-10H,3-4,7H2,1H3,(H,15,16). The lowest BCUT2D eigenvalue weighted by Gasteiger charge is -2.11. The summed E-state index contributed by atoms with van der Waals surface area (Å²) in [6.07, 6.45) is 3.56. The predicted molar refractivity (Wildman–Crippen MR) is 71.6 cm³/mol. The summed E-state index contributed by atoms with van der Waals surface area (Å²) in [4.78, 5) is 4.47. The average Bonchev–Trinajstić information content (AvgIpc) is 2.95. The molecule has 2 atom stereocenters. The molecule has 0 amide bonds. The van der Waals surface area contributed by atoms with Gasteiger partial charge < -0.3 is 10.1 Å². The maximum absolute atomic E-state index is 13.1. The summed E-state index contributed by atoms with van der Waals surface area (Å²) in [6.45, 7) is 0. The fourth-order valence-electron chi connectivity index (χ4n) is 2.42. The Morgan fingerprint density at radius 1 is 1.44 bits per heavy atom. The minimum Gasteiger partial charge on any atom is -0.381 e. The number of hydrogen-bond donors (Lipinski definition) is 1. The topological polar surface area (TPSA) is 34.1 Å². The molecule has 1 fully saturated rings. The van der Waals surface area contributed by atoms with Gasteiger partial charge in [0.25, 0.3) is 0 Å². The summed E-state index contributed by atoms with van der Waals surface area (Å²) in [5.41, 5.74) is 0.852. The summed E-state index contributed by atoms with van der Waals surface area (Å²) < 4.78 is 19.3. The van der Waals surface area contributed by atoms with Crippen LogP contribution in [0.4, 0.5) is 9.52 Å². The molecule has 1 N–H and O–H groups in total. The van der Waals surface area contributed by atoms with Crippen molar-refractivity contribution in [1.82, 2.24) is 4.98 Å². The highest BCUT2D eigenvalue weighted by Crippen LogP contribution is 2.30. The molecule has 2 unspecified atom stereocenters. The maximum Gasteiger partial charge on any atom is 0.184 e. The SMILES string of the molecule is COC1CCC(Nc2nc3ccc(F)cc3s2)C1. The number of aromatic nitrogens is 1. The number of methoxy groups -OCH3 is 1. The van der Waals surface area contributed by atoms with Crippen LogP contribution >= 0.6 is 11.3 Å². The van der Waals surface area contributed by atoms with Crippen LogP contribution in [0.1, 0.15) is 19.3 Å². The monoisotopic (exact) mass is 266 g/mol. The van der Waals surface area contributed by atoms with Crippen LogP contribution in [0, 0.1) is 5.82 Å². The highest BCUT2D eigenvalue weighted by Gasteiger charge is 2.24. The van der Waals surface area contributed by atoms with E-state index in [1.807, 2.05) is 0 Å². The fraction of sp³-hybridized carbons (Fsp3) is 0.462. The Labute approximate surface area is 109 Å². The molecule has 1 aromatic carbocycles. The van der Waals surface area contributed by atoms with Crippen LogP contribution in [0.25, 0.3) is 10.2 Å². The third-order valence-corrected chi connectivity index (χ3v) is 4.35. The normalized spacial score (nSPS) is 23.7. The summed E-state index contributed by atoms with van der Waals surface area (Å²) in [5, 5.41) is 4.29. The molecule has 1 aromatic heterocycles. The number of nitrogens with one attached hydrogen (secondary N) is 1. The number of benzene rings is 1. The zero-order chi connectivity index (χ0) is 12.5. The van der Waals surface area contributed by atoms with E-state index in [9.17, 15) is 4.39 Å². The van der Waals surface area contributed by atoms with E-state index >= 15 is 0 Å². The number of ether oxygens (including phenoxy) is 1. The lowest BCUT2D eigenvalue weighted by Crippen LogP contribution is -2.16. The van der Waals surface area contributed by atoms with E-state index in [1.54, 1.807) is 13.2 Å². The smallest absolute Gasteiger partial charge is 0.184 e. The van der Waals surface area contributed by atoms with Crippen LogP contribution in [-0.4, -0.2) is 24.2 Å². The third kappa shape index (κ3) is 2.33. The van der Waals surface area contributed by atoms with Gasteiger partial charge in [0.05, 0.1) is 16.3 Å². The van der Waals surface area contributed by atoms with Crippen molar-refractivity contribution >= 4 is 26.7 Å². The summed E-state index contributed by atoms with van der Waals surface area (Å²) in [5.74, 6) is -0.210. The first kappa shape index (κ1) is 11.9.